The number of halogens is 1. The molecule has 0 radical (unpaired) electrons. The van der Waals surface area contributed by atoms with Gasteiger partial charge >= 0.3 is 11.9 Å². The molecule has 2 rings (SSSR count). The lowest BCUT2D eigenvalue weighted by atomic mass is 9.97. The van der Waals surface area contributed by atoms with Crippen molar-refractivity contribution >= 4 is 11.9 Å². The van der Waals surface area contributed by atoms with Crippen molar-refractivity contribution in [2.45, 2.75) is 51.9 Å². The van der Waals surface area contributed by atoms with Crippen molar-refractivity contribution in [2.75, 3.05) is 0 Å². The maximum absolute atomic E-state index is 14.5. The first-order chi connectivity index (χ1) is 12.9. The summed E-state index contributed by atoms with van der Waals surface area (Å²) in [4.78, 5) is 23.0. The number of ether oxygens (including phenoxy) is 1. The van der Waals surface area contributed by atoms with Crippen LogP contribution in [-0.4, -0.2) is 17.0 Å². The smallest absolute Gasteiger partial charge is 0.311 e. The van der Waals surface area contributed by atoms with Gasteiger partial charge in [0.15, 0.2) is 0 Å². The summed E-state index contributed by atoms with van der Waals surface area (Å²) >= 11 is 0. The van der Waals surface area contributed by atoms with Crippen LogP contribution in [0.1, 0.15) is 57.4 Å². The molecule has 5 heteroatoms. The van der Waals surface area contributed by atoms with Gasteiger partial charge < -0.3 is 9.84 Å². The molecule has 1 N–H and O–H groups in total. The van der Waals surface area contributed by atoms with E-state index in [0.717, 1.165) is 25.7 Å². The largest absolute Gasteiger partial charge is 0.481 e. The lowest BCUT2D eigenvalue weighted by Crippen LogP contribution is -2.08. The van der Waals surface area contributed by atoms with Crippen LogP contribution in [0, 0.1) is 5.82 Å². The van der Waals surface area contributed by atoms with Crippen LogP contribution in [0.2, 0.25) is 0 Å². The molecule has 0 aliphatic heterocycles. The molecule has 0 aromatic heterocycles. The Morgan fingerprint density at radius 3 is 2.56 bits per heavy atom. The van der Waals surface area contributed by atoms with E-state index in [9.17, 15) is 14.0 Å². The van der Waals surface area contributed by atoms with E-state index in [4.69, 9.17) is 9.84 Å². The molecule has 2 aromatic carbocycles. The molecule has 1 unspecified atom stereocenters. The molecular weight excluding hydrogens is 347 g/mol. The molecule has 0 amide bonds. The molecule has 144 valence electrons. The number of rotatable bonds is 9. The number of unbranched alkanes of at least 4 members (excludes halogenated alkanes) is 3. The van der Waals surface area contributed by atoms with E-state index in [0.29, 0.717) is 28.9 Å². The number of benzene rings is 2. The predicted molar refractivity (Wildman–Crippen MR) is 102 cm³/mol. The van der Waals surface area contributed by atoms with Gasteiger partial charge in [0, 0.05) is 12.0 Å². The van der Waals surface area contributed by atoms with Gasteiger partial charge in [-0.15, -0.1) is 0 Å². The van der Waals surface area contributed by atoms with E-state index in [-0.39, 0.29) is 5.97 Å². The van der Waals surface area contributed by atoms with Gasteiger partial charge in [0.2, 0.25) is 0 Å². The number of carboxylic acid groups (broad SMARTS) is 1. The quantitative estimate of drug-likeness (QED) is 0.356. The van der Waals surface area contributed by atoms with Crippen molar-refractivity contribution in [1.82, 2.24) is 0 Å². The average Bonchev–Trinajstić information content (AvgIpc) is 2.64. The third-order valence-corrected chi connectivity index (χ3v) is 4.47. The Labute approximate surface area is 159 Å². The minimum absolute atomic E-state index is 0.297. The molecule has 0 heterocycles. The standard InChI is InChI=1S/C22H25FO4/c1-3-4-5-6-10-21(24)27-18-9-7-8-17(13-18)19-12-11-16(14-20(19)23)15(2)22(25)26/h7-9,11-15H,3-6,10H2,1-2H3,(H,25,26). The minimum Gasteiger partial charge on any atom is -0.481 e. The van der Waals surface area contributed by atoms with Gasteiger partial charge in [-0.25, -0.2) is 4.39 Å². The Bertz CT molecular complexity index is 801. The number of carboxylic acids is 1. The Balaban J connectivity index is 2.10. The van der Waals surface area contributed by atoms with Crippen LogP contribution in [0.15, 0.2) is 42.5 Å². The van der Waals surface area contributed by atoms with E-state index in [1.165, 1.54) is 13.0 Å². The summed E-state index contributed by atoms with van der Waals surface area (Å²) < 4.78 is 19.8. The summed E-state index contributed by atoms with van der Waals surface area (Å²) in [6.45, 7) is 3.62. The predicted octanol–water partition coefficient (Wildman–Crippen LogP) is 5.56. The average molecular weight is 372 g/mol. The molecule has 1 atom stereocenters. The van der Waals surface area contributed by atoms with Crippen molar-refractivity contribution in [1.29, 1.82) is 0 Å². The monoisotopic (exact) mass is 372 g/mol. The second-order valence-corrected chi connectivity index (χ2v) is 6.61. The Morgan fingerprint density at radius 1 is 1.11 bits per heavy atom. The van der Waals surface area contributed by atoms with E-state index in [1.54, 1.807) is 36.4 Å². The highest BCUT2D eigenvalue weighted by Gasteiger charge is 2.16. The first kappa shape index (κ1) is 20.6. The third-order valence-electron chi connectivity index (χ3n) is 4.47. The van der Waals surface area contributed by atoms with Crippen molar-refractivity contribution in [2.24, 2.45) is 0 Å². The maximum atomic E-state index is 14.5. The summed E-state index contributed by atoms with van der Waals surface area (Å²) in [5, 5.41) is 9.05. The molecule has 0 aliphatic rings. The highest BCUT2D eigenvalue weighted by molar-refractivity contribution is 5.76. The van der Waals surface area contributed by atoms with Gasteiger partial charge in [0.05, 0.1) is 5.92 Å². The Hall–Kier alpha value is -2.69. The molecule has 0 bridgehead atoms. The maximum Gasteiger partial charge on any atom is 0.311 e. The summed E-state index contributed by atoms with van der Waals surface area (Å²) in [5.41, 5.74) is 1.30. The second-order valence-electron chi connectivity index (χ2n) is 6.61. The number of hydrogen-bond donors (Lipinski definition) is 1. The number of carbonyl (C=O) groups excluding carboxylic acids is 1. The fourth-order valence-corrected chi connectivity index (χ4v) is 2.78. The SMILES string of the molecule is CCCCCCC(=O)Oc1cccc(-c2ccc(C(C)C(=O)O)cc2F)c1. The normalized spacial score (nSPS) is 11.8. The van der Waals surface area contributed by atoms with Crippen molar-refractivity contribution in [3.8, 4) is 16.9 Å². The van der Waals surface area contributed by atoms with Crippen molar-refractivity contribution in [3.63, 3.8) is 0 Å². The lowest BCUT2D eigenvalue weighted by Gasteiger charge is -2.11. The lowest BCUT2D eigenvalue weighted by molar-refractivity contribution is -0.138. The first-order valence-electron chi connectivity index (χ1n) is 9.25. The Kier molecular flexibility index (Phi) is 7.53. The number of carbonyl (C=O) groups is 2. The van der Waals surface area contributed by atoms with Crippen LogP contribution in [-0.2, 0) is 9.59 Å². The van der Waals surface area contributed by atoms with E-state index in [2.05, 4.69) is 6.92 Å². The number of esters is 1. The van der Waals surface area contributed by atoms with Crippen LogP contribution >= 0.6 is 0 Å². The molecule has 0 fully saturated rings. The molecule has 2 aromatic rings. The topological polar surface area (TPSA) is 63.6 Å². The van der Waals surface area contributed by atoms with Gasteiger partial charge in [-0.05, 0) is 42.7 Å². The van der Waals surface area contributed by atoms with Gasteiger partial charge in [0.1, 0.15) is 11.6 Å². The van der Waals surface area contributed by atoms with Crippen molar-refractivity contribution < 1.29 is 23.8 Å². The van der Waals surface area contributed by atoms with Crippen LogP contribution < -0.4 is 4.74 Å². The second kappa shape index (κ2) is 9.86. The minimum atomic E-state index is -1.00. The zero-order chi connectivity index (χ0) is 19.8. The van der Waals surface area contributed by atoms with Crippen LogP contribution in [0.3, 0.4) is 0 Å². The molecule has 0 saturated heterocycles. The summed E-state index contributed by atoms with van der Waals surface area (Å²) in [7, 11) is 0. The molecule has 27 heavy (non-hydrogen) atoms. The zero-order valence-corrected chi connectivity index (χ0v) is 15.7. The molecule has 0 spiro atoms. The summed E-state index contributed by atoms with van der Waals surface area (Å²) in [6, 6.07) is 11.1. The molecular formula is C22H25FO4. The van der Waals surface area contributed by atoms with E-state index < -0.39 is 17.7 Å². The van der Waals surface area contributed by atoms with Gasteiger partial charge in [-0.2, -0.15) is 0 Å². The Morgan fingerprint density at radius 2 is 1.89 bits per heavy atom. The van der Waals surface area contributed by atoms with Gasteiger partial charge in [-0.1, -0.05) is 50.5 Å². The molecule has 0 saturated carbocycles. The van der Waals surface area contributed by atoms with E-state index in [1.807, 2.05) is 0 Å². The fourth-order valence-electron chi connectivity index (χ4n) is 2.78. The third kappa shape index (κ3) is 5.91. The first-order valence-corrected chi connectivity index (χ1v) is 9.25. The molecule has 0 aliphatic carbocycles. The molecule has 4 nitrogen and oxygen atoms in total. The zero-order valence-electron chi connectivity index (χ0n) is 15.7. The van der Waals surface area contributed by atoms with Crippen LogP contribution in [0.5, 0.6) is 5.75 Å². The van der Waals surface area contributed by atoms with Crippen LogP contribution in [0.4, 0.5) is 4.39 Å². The van der Waals surface area contributed by atoms with Gasteiger partial charge in [0.25, 0.3) is 0 Å². The highest BCUT2D eigenvalue weighted by atomic mass is 19.1. The number of aliphatic carboxylic acids is 1. The van der Waals surface area contributed by atoms with Gasteiger partial charge in [-0.3, -0.25) is 9.59 Å². The summed E-state index contributed by atoms with van der Waals surface area (Å²) in [5.74, 6) is -2.23. The highest BCUT2D eigenvalue weighted by Crippen LogP contribution is 2.29. The van der Waals surface area contributed by atoms with Crippen LogP contribution in [0.25, 0.3) is 11.1 Å². The summed E-state index contributed by atoms with van der Waals surface area (Å²) in [6.07, 6.45) is 4.35. The number of hydrogen-bond acceptors (Lipinski definition) is 3. The van der Waals surface area contributed by atoms with E-state index >= 15 is 0 Å². The van der Waals surface area contributed by atoms with Crippen molar-refractivity contribution in [3.05, 3.63) is 53.8 Å². The fraction of sp³-hybridized carbons (Fsp3) is 0.364.